The van der Waals surface area contributed by atoms with Gasteiger partial charge in [0.2, 0.25) is 0 Å². The van der Waals surface area contributed by atoms with E-state index in [1.165, 1.54) is 12.8 Å². The molecule has 1 aliphatic rings. The smallest absolute Gasteiger partial charge is 0.158 e. The summed E-state index contributed by atoms with van der Waals surface area (Å²) in [6.45, 7) is 0. The fourth-order valence-electron chi connectivity index (χ4n) is 2.06. The summed E-state index contributed by atoms with van der Waals surface area (Å²) in [4.78, 5) is 15.9. The van der Waals surface area contributed by atoms with Crippen molar-refractivity contribution in [3.05, 3.63) is 41.7 Å². The zero-order valence-electron chi connectivity index (χ0n) is 9.48. The average Bonchev–Trinajstić information content (AvgIpc) is 2.38. The lowest BCUT2D eigenvalue weighted by Crippen LogP contribution is -2.07. The summed E-state index contributed by atoms with van der Waals surface area (Å²) in [5.41, 5.74) is 2.20. The number of allylic oxidation sites excluding steroid dienone is 2. The molecule has 0 aromatic carbocycles. The Morgan fingerprint density at radius 1 is 1.38 bits per heavy atom. The maximum absolute atomic E-state index is 11.9. The summed E-state index contributed by atoms with van der Waals surface area (Å²) in [5, 5.41) is 0. The highest BCUT2D eigenvalue weighted by Crippen LogP contribution is 2.19. The van der Waals surface area contributed by atoms with Crippen molar-refractivity contribution in [2.45, 2.75) is 38.5 Å². The number of hydrogen-bond donors (Lipinski definition) is 0. The number of rotatable bonds is 4. The highest BCUT2D eigenvalue weighted by Gasteiger charge is 2.11. The van der Waals surface area contributed by atoms with Gasteiger partial charge in [-0.1, -0.05) is 12.1 Å². The summed E-state index contributed by atoms with van der Waals surface area (Å²) in [6.07, 6.45) is 11.6. The van der Waals surface area contributed by atoms with Crippen LogP contribution in [0, 0.1) is 0 Å². The second kappa shape index (κ2) is 5.59. The molecule has 0 spiro atoms. The monoisotopic (exact) mass is 215 g/mol. The molecule has 0 saturated carbocycles. The molecule has 0 amide bonds. The molecule has 0 saturated heterocycles. The molecule has 0 aliphatic heterocycles. The molecule has 0 fully saturated rings. The number of Topliss-reactive ketones (excluding diaryl/α,β-unsaturated/α-hetero) is 1. The summed E-state index contributed by atoms with van der Waals surface area (Å²) >= 11 is 0. The van der Waals surface area contributed by atoms with Gasteiger partial charge in [0.15, 0.2) is 5.78 Å². The number of ketones is 1. The highest BCUT2D eigenvalue weighted by molar-refractivity contribution is 5.95. The van der Waals surface area contributed by atoms with Crippen LogP contribution in [-0.2, 0) is 11.2 Å². The standard InChI is InChI=1S/C14H17NO/c16-14(13-6-2-1-3-7-13)9-8-12-5-4-10-15-11-12/h4-6,10-11H,1-3,7-9H2. The number of carbonyl (C=O) groups excluding carboxylic acids is 1. The molecule has 1 heterocycles. The maximum Gasteiger partial charge on any atom is 0.158 e. The second-order valence-electron chi connectivity index (χ2n) is 4.26. The molecule has 2 nitrogen and oxygen atoms in total. The Morgan fingerprint density at radius 3 is 3.00 bits per heavy atom. The van der Waals surface area contributed by atoms with Crippen LogP contribution in [0.25, 0.3) is 0 Å². The minimum Gasteiger partial charge on any atom is -0.295 e. The lowest BCUT2D eigenvalue weighted by Gasteiger charge is -2.11. The molecule has 2 rings (SSSR count). The topological polar surface area (TPSA) is 30.0 Å². The van der Waals surface area contributed by atoms with Crippen molar-refractivity contribution in [3.63, 3.8) is 0 Å². The van der Waals surface area contributed by atoms with E-state index in [1.807, 2.05) is 18.3 Å². The zero-order chi connectivity index (χ0) is 11.2. The van der Waals surface area contributed by atoms with Gasteiger partial charge in [0.05, 0.1) is 0 Å². The third kappa shape index (κ3) is 3.02. The molecule has 84 valence electrons. The van der Waals surface area contributed by atoms with E-state index in [0.29, 0.717) is 12.2 Å². The molecular weight excluding hydrogens is 198 g/mol. The Bertz CT molecular complexity index is 381. The normalized spacial score (nSPS) is 15.6. The zero-order valence-corrected chi connectivity index (χ0v) is 9.48. The van der Waals surface area contributed by atoms with Crippen LogP contribution < -0.4 is 0 Å². The lowest BCUT2D eigenvalue weighted by atomic mass is 9.94. The Balaban J connectivity index is 1.86. The first kappa shape index (κ1) is 11.1. The summed E-state index contributed by atoms with van der Waals surface area (Å²) in [7, 11) is 0. The molecule has 0 atom stereocenters. The summed E-state index contributed by atoms with van der Waals surface area (Å²) in [6, 6.07) is 3.94. The molecule has 2 heteroatoms. The summed E-state index contributed by atoms with van der Waals surface area (Å²) < 4.78 is 0. The van der Waals surface area contributed by atoms with Gasteiger partial charge in [-0.05, 0) is 49.3 Å². The number of aromatic nitrogens is 1. The molecular formula is C14H17NO. The Kier molecular flexibility index (Phi) is 3.86. The van der Waals surface area contributed by atoms with E-state index in [9.17, 15) is 4.79 Å². The van der Waals surface area contributed by atoms with Crippen LogP contribution >= 0.6 is 0 Å². The minimum absolute atomic E-state index is 0.323. The molecule has 1 aliphatic carbocycles. The van der Waals surface area contributed by atoms with Gasteiger partial charge < -0.3 is 0 Å². The number of hydrogen-bond acceptors (Lipinski definition) is 2. The van der Waals surface area contributed by atoms with Gasteiger partial charge in [-0.25, -0.2) is 0 Å². The van der Waals surface area contributed by atoms with Crippen molar-refractivity contribution in [3.8, 4) is 0 Å². The van der Waals surface area contributed by atoms with Gasteiger partial charge in [0.1, 0.15) is 0 Å². The second-order valence-corrected chi connectivity index (χ2v) is 4.26. The van der Waals surface area contributed by atoms with E-state index < -0.39 is 0 Å². The minimum atomic E-state index is 0.323. The fraction of sp³-hybridized carbons (Fsp3) is 0.429. The van der Waals surface area contributed by atoms with Crippen LogP contribution in [0.5, 0.6) is 0 Å². The largest absolute Gasteiger partial charge is 0.295 e. The van der Waals surface area contributed by atoms with Crippen LogP contribution in [0.1, 0.15) is 37.7 Å². The van der Waals surface area contributed by atoms with Gasteiger partial charge in [-0.15, -0.1) is 0 Å². The maximum atomic E-state index is 11.9. The lowest BCUT2D eigenvalue weighted by molar-refractivity contribution is -0.115. The van der Waals surface area contributed by atoms with Crippen LogP contribution in [0.15, 0.2) is 36.2 Å². The van der Waals surface area contributed by atoms with E-state index in [-0.39, 0.29) is 0 Å². The van der Waals surface area contributed by atoms with E-state index in [4.69, 9.17) is 0 Å². The molecule has 0 radical (unpaired) electrons. The van der Waals surface area contributed by atoms with E-state index in [2.05, 4.69) is 11.1 Å². The predicted molar refractivity (Wildman–Crippen MR) is 64.1 cm³/mol. The first-order valence-corrected chi connectivity index (χ1v) is 5.97. The van der Waals surface area contributed by atoms with Crippen molar-refractivity contribution in [1.29, 1.82) is 0 Å². The number of nitrogens with zero attached hydrogens (tertiary/aromatic N) is 1. The van der Waals surface area contributed by atoms with Crippen molar-refractivity contribution in [2.75, 3.05) is 0 Å². The van der Waals surface area contributed by atoms with Crippen molar-refractivity contribution in [1.82, 2.24) is 4.98 Å². The average molecular weight is 215 g/mol. The van der Waals surface area contributed by atoms with Gasteiger partial charge in [0, 0.05) is 18.8 Å². The summed E-state index contributed by atoms with van der Waals surface area (Å²) in [5.74, 6) is 0.323. The first-order chi connectivity index (χ1) is 7.86. The molecule has 0 N–H and O–H groups in total. The number of carbonyl (C=O) groups is 1. The molecule has 1 aromatic rings. The molecule has 16 heavy (non-hydrogen) atoms. The quantitative estimate of drug-likeness (QED) is 0.772. The van der Waals surface area contributed by atoms with Gasteiger partial charge in [-0.3, -0.25) is 9.78 Å². The van der Waals surface area contributed by atoms with Gasteiger partial charge in [0.25, 0.3) is 0 Å². The van der Waals surface area contributed by atoms with Crippen LogP contribution in [-0.4, -0.2) is 10.8 Å². The number of pyridine rings is 1. The third-order valence-electron chi connectivity index (χ3n) is 3.01. The predicted octanol–water partition coefficient (Wildman–Crippen LogP) is 3.08. The number of aryl methyl sites for hydroxylation is 1. The van der Waals surface area contributed by atoms with Gasteiger partial charge in [-0.2, -0.15) is 0 Å². The Hall–Kier alpha value is -1.44. The fourth-order valence-corrected chi connectivity index (χ4v) is 2.06. The first-order valence-electron chi connectivity index (χ1n) is 5.97. The van der Waals surface area contributed by atoms with Crippen molar-refractivity contribution in [2.24, 2.45) is 0 Å². The van der Waals surface area contributed by atoms with Gasteiger partial charge >= 0.3 is 0 Å². The van der Waals surface area contributed by atoms with E-state index in [1.54, 1.807) is 6.20 Å². The van der Waals surface area contributed by atoms with Crippen LogP contribution in [0.2, 0.25) is 0 Å². The highest BCUT2D eigenvalue weighted by atomic mass is 16.1. The molecule has 1 aromatic heterocycles. The third-order valence-corrected chi connectivity index (χ3v) is 3.01. The molecule has 0 bridgehead atoms. The SMILES string of the molecule is O=C(CCc1cccnc1)C1=CCCCC1. The van der Waals surface area contributed by atoms with E-state index >= 15 is 0 Å². The Morgan fingerprint density at radius 2 is 2.31 bits per heavy atom. The Labute approximate surface area is 96.4 Å². The molecule has 0 unspecified atom stereocenters. The van der Waals surface area contributed by atoms with E-state index in [0.717, 1.165) is 30.4 Å². The van der Waals surface area contributed by atoms with Crippen LogP contribution in [0.3, 0.4) is 0 Å². The van der Waals surface area contributed by atoms with Crippen molar-refractivity contribution >= 4 is 5.78 Å². The van der Waals surface area contributed by atoms with Crippen LogP contribution in [0.4, 0.5) is 0 Å². The van der Waals surface area contributed by atoms with Crippen molar-refractivity contribution < 1.29 is 4.79 Å².